The van der Waals surface area contributed by atoms with Crippen molar-refractivity contribution in [1.29, 1.82) is 0 Å². The first-order chi connectivity index (χ1) is 16.1. The average Bonchev–Trinajstić information content (AvgIpc) is 2.78. The second-order valence-electron chi connectivity index (χ2n) is 7.26. The summed E-state index contributed by atoms with van der Waals surface area (Å²) in [5, 5.41) is 0. The quantitative estimate of drug-likeness (QED) is 0.243. The second-order valence-corrected chi connectivity index (χ2v) is 7.26. The number of hydrogen-bond donors (Lipinski definition) is 0. The molecule has 0 N–H and O–H groups in total. The van der Waals surface area contributed by atoms with E-state index in [1.54, 1.807) is 24.0 Å². The molecule has 0 heterocycles. The highest BCUT2D eigenvalue weighted by molar-refractivity contribution is 5.85. The van der Waals surface area contributed by atoms with E-state index in [9.17, 15) is 27.6 Å². The number of aldehydes is 1. The highest BCUT2D eigenvalue weighted by atomic mass is 19.4. The van der Waals surface area contributed by atoms with Crippen molar-refractivity contribution in [3.8, 4) is 0 Å². The first kappa shape index (κ1) is 26.7. The molecule has 0 aromatic heterocycles. The Hall–Kier alpha value is -3.56. The summed E-state index contributed by atoms with van der Waals surface area (Å²) in [5.74, 6) is -0.656. The molecule has 1 atom stereocenters. The molecule has 0 aliphatic rings. The Morgan fingerprint density at radius 3 is 2.41 bits per heavy atom. The van der Waals surface area contributed by atoms with Crippen molar-refractivity contribution in [1.82, 2.24) is 0 Å². The average molecular weight is 481 g/mol. The number of alkyl halides is 3. The van der Waals surface area contributed by atoms with Crippen molar-refractivity contribution >= 4 is 24.1 Å². The molecule has 0 aliphatic carbocycles. The minimum absolute atomic E-state index is 0.0861. The van der Waals surface area contributed by atoms with Gasteiger partial charge in [0.1, 0.15) is 0 Å². The van der Waals surface area contributed by atoms with Crippen LogP contribution in [0.1, 0.15) is 48.2 Å². The monoisotopic (exact) mass is 481 g/mol. The Balaban J connectivity index is 2.13. The van der Waals surface area contributed by atoms with Crippen LogP contribution in [0.3, 0.4) is 0 Å². The number of rotatable bonds is 11. The van der Waals surface area contributed by atoms with E-state index in [1.807, 2.05) is 18.2 Å². The predicted molar refractivity (Wildman–Crippen MR) is 117 cm³/mol. The molecule has 184 valence electrons. The van der Waals surface area contributed by atoms with E-state index in [-0.39, 0.29) is 43.8 Å². The minimum Gasteiger partial charge on any atom is -0.435 e. The Bertz CT molecular complexity index is 965. The lowest BCUT2D eigenvalue weighted by atomic mass is 10.1. The van der Waals surface area contributed by atoms with Gasteiger partial charge in [-0.25, -0.2) is 4.79 Å². The number of anilines is 1. The van der Waals surface area contributed by atoms with Gasteiger partial charge in [-0.2, -0.15) is 13.2 Å². The summed E-state index contributed by atoms with van der Waals surface area (Å²) in [4.78, 5) is 36.5. The van der Waals surface area contributed by atoms with Crippen molar-refractivity contribution in [3.05, 3.63) is 65.2 Å². The minimum atomic E-state index is -4.58. The lowest BCUT2D eigenvalue weighted by Gasteiger charge is -2.27. The lowest BCUT2D eigenvalue weighted by molar-refractivity contribution is -0.167. The molecule has 0 saturated carbocycles. The van der Waals surface area contributed by atoms with Crippen LogP contribution < -0.4 is 4.90 Å². The van der Waals surface area contributed by atoms with E-state index in [2.05, 4.69) is 4.74 Å². The van der Waals surface area contributed by atoms with E-state index in [4.69, 9.17) is 9.47 Å². The van der Waals surface area contributed by atoms with E-state index < -0.39 is 30.2 Å². The number of nitrogens with zero attached hydrogens (tertiary/aromatic N) is 1. The third-order valence-electron chi connectivity index (χ3n) is 4.67. The zero-order chi connectivity index (χ0) is 25.1. The fourth-order valence-corrected chi connectivity index (χ4v) is 3.15. The predicted octanol–water partition coefficient (Wildman–Crippen LogP) is 5.37. The van der Waals surface area contributed by atoms with Crippen molar-refractivity contribution < 1.29 is 41.8 Å². The molecule has 0 aliphatic heterocycles. The summed E-state index contributed by atoms with van der Waals surface area (Å²) >= 11 is 0. The fraction of sp³-hybridized carbons (Fsp3) is 0.375. The largest absolute Gasteiger partial charge is 0.511 e. The van der Waals surface area contributed by atoms with Gasteiger partial charge in [0, 0.05) is 37.7 Å². The number of esters is 1. The number of halogens is 3. The Morgan fingerprint density at radius 2 is 1.79 bits per heavy atom. The normalized spacial score (nSPS) is 11.9. The summed E-state index contributed by atoms with van der Waals surface area (Å²) in [6.45, 7) is 3.45. The first-order valence-corrected chi connectivity index (χ1v) is 10.6. The zero-order valence-electron chi connectivity index (χ0n) is 18.8. The number of ether oxygens (including phenoxy) is 3. The van der Waals surface area contributed by atoms with Crippen LogP contribution >= 0.6 is 0 Å². The third kappa shape index (κ3) is 8.42. The van der Waals surface area contributed by atoms with Crippen LogP contribution in [0.25, 0.3) is 0 Å². The maximum atomic E-state index is 13.3. The van der Waals surface area contributed by atoms with Gasteiger partial charge in [0.2, 0.25) is 6.29 Å². The molecule has 10 heteroatoms. The summed E-state index contributed by atoms with van der Waals surface area (Å²) in [6.07, 6.45) is -6.08. The Morgan fingerprint density at radius 1 is 1.09 bits per heavy atom. The van der Waals surface area contributed by atoms with Crippen LogP contribution in [0, 0.1) is 0 Å². The highest BCUT2D eigenvalue weighted by Gasteiger charge is 2.31. The molecule has 7 nitrogen and oxygen atoms in total. The highest BCUT2D eigenvalue weighted by Crippen LogP contribution is 2.33. The van der Waals surface area contributed by atoms with Crippen LogP contribution in [-0.2, 0) is 31.7 Å². The fourth-order valence-electron chi connectivity index (χ4n) is 3.15. The van der Waals surface area contributed by atoms with Crippen LogP contribution in [0.5, 0.6) is 0 Å². The summed E-state index contributed by atoms with van der Waals surface area (Å²) in [6, 6.07) is 11.9. The summed E-state index contributed by atoms with van der Waals surface area (Å²) < 4.78 is 54.2. The maximum absolute atomic E-state index is 13.3. The van der Waals surface area contributed by atoms with Gasteiger partial charge in [-0.1, -0.05) is 30.3 Å². The number of carbonyl (C=O) groups excluding carboxylic acids is 3. The molecule has 0 saturated heterocycles. The van der Waals surface area contributed by atoms with Crippen LogP contribution in [-0.4, -0.2) is 37.9 Å². The summed E-state index contributed by atoms with van der Waals surface area (Å²) in [5.41, 5.74) is 0.148. The van der Waals surface area contributed by atoms with Crippen LogP contribution in [0.4, 0.5) is 23.7 Å². The molecule has 0 spiro atoms. The third-order valence-corrected chi connectivity index (χ3v) is 4.67. The number of benzene rings is 2. The van der Waals surface area contributed by atoms with E-state index in [1.165, 1.54) is 6.92 Å². The van der Waals surface area contributed by atoms with Gasteiger partial charge in [-0.05, 0) is 37.1 Å². The number of carbonyl (C=O) groups is 3. The van der Waals surface area contributed by atoms with Gasteiger partial charge < -0.3 is 19.1 Å². The SMILES string of the molecule is CCOC(=O)OC(C)OC(=O)CCCN(Cc1ccccc1)c1cc(C(F)(F)F)ccc1C=O. The topological polar surface area (TPSA) is 82.1 Å². The van der Waals surface area contributed by atoms with Crippen LogP contribution in [0.15, 0.2) is 48.5 Å². The molecule has 2 aromatic carbocycles. The molecular formula is C24H26F3NO6. The van der Waals surface area contributed by atoms with Gasteiger partial charge >= 0.3 is 18.3 Å². The Labute approximate surface area is 195 Å². The molecule has 0 bridgehead atoms. The Kier molecular flexibility index (Phi) is 9.91. The van der Waals surface area contributed by atoms with E-state index in [0.29, 0.717) is 6.29 Å². The lowest BCUT2D eigenvalue weighted by Crippen LogP contribution is -2.27. The molecular weight excluding hydrogens is 455 g/mol. The van der Waals surface area contributed by atoms with Crippen molar-refractivity contribution in [3.63, 3.8) is 0 Å². The second kappa shape index (κ2) is 12.6. The van der Waals surface area contributed by atoms with Crippen molar-refractivity contribution in [2.24, 2.45) is 0 Å². The first-order valence-electron chi connectivity index (χ1n) is 10.6. The van der Waals surface area contributed by atoms with Crippen molar-refractivity contribution in [2.75, 3.05) is 18.1 Å². The molecule has 0 fully saturated rings. The molecule has 1 unspecified atom stereocenters. The summed E-state index contributed by atoms with van der Waals surface area (Å²) in [7, 11) is 0. The number of hydrogen-bond acceptors (Lipinski definition) is 7. The van der Waals surface area contributed by atoms with E-state index >= 15 is 0 Å². The standard InChI is InChI=1S/C24H26F3NO6/c1-3-32-23(31)34-17(2)33-22(30)10-7-13-28(15-18-8-5-4-6-9-18)21-14-20(24(25,26)27)12-11-19(21)16-29/h4-6,8-9,11-12,14,16-17H,3,7,10,13,15H2,1-2H3. The maximum Gasteiger partial charge on any atom is 0.511 e. The van der Waals surface area contributed by atoms with Crippen molar-refractivity contribution in [2.45, 2.75) is 45.7 Å². The molecule has 2 rings (SSSR count). The van der Waals surface area contributed by atoms with E-state index in [0.717, 1.165) is 23.8 Å². The van der Waals surface area contributed by atoms with Gasteiger partial charge in [0.05, 0.1) is 12.2 Å². The zero-order valence-corrected chi connectivity index (χ0v) is 18.8. The van der Waals surface area contributed by atoms with Gasteiger partial charge in [-0.15, -0.1) is 0 Å². The van der Waals surface area contributed by atoms with Gasteiger partial charge in [-0.3, -0.25) is 9.59 Å². The smallest absolute Gasteiger partial charge is 0.435 e. The molecule has 34 heavy (non-hydrogen) atoms. The van der Waals surface area contributed by atoms with Gasteiger partial charge in [0.15, 0.2) is 6.29 Å². The molecule has 2 aromatic rings. The van der Waals surface area contributed by atoms with Crippen LogP contribution in [0.2, 0.25) is 0 Å². The molecule has 0 amide bonds. The van der Waals surface area contributed by atoms with Gasteiger partial charge in [0.25, 0.3) is 0 Å². The molecule has 0 radical (unpaired) electrons.